The minimum absolute atomic E-state index is 0.0607. The lowest BCUT2D eigenvalue weighted by Gasteiger charge is -2.11. The Hall–Kier alpha value is -2.42. The molecule has 0 unspecified atom stereocenters. The maximum absolute atomic E-state index is 12.6. The third-order valence-corrected chi connectivity index (χ3v) is 4.74. The maximum Gasteiger partial charge on any atom is 0.488 e. The molecule has 0 bridgehead atoms. The van der Waals surface area contributed by atoms with E-state index in [9.17, 15) is 18.5 Å². The predicted octanol–water partition coefficient (Wildman–Crippen LogP) is 0.715. The van der Waals surface area contributed by atoms with E-state index in [2.05, 4.69) is 9.71 Å². The van der Waals surface area contributed by atoms with Gasteiger partial charge in [0.15, 0.2) is 0 Å². The van der Waals surface area contributed by atoms with Crippen molar-refractivity contribution in [3.8, 4) is 0 Å². The first-order valence-corrected chi connectivity index (χ1v) is 8.28. The zero-order valence-corrected chi connectivity index (χ0v) is 12.7. The molecule has 0 spiro atoms. The van der Waals surface area contributed by atoms with Crippen molar-refractivity contribution in [1.82, 2.24) is 4.98 Å². The van der Waals surface area contributed by atoms with Gasteiger partial charge < -0.3 is 10.0 Å². The molecule has 8 heteroatoms. The molecule has 0 amide bonds. The normalized spacial score (nSPS) is 11.4. The average Bonchev–Trinajstić information content (AvgIpc) is 2.54. The Kier molecular flexibility index (Phi) is 4.04. The van der Waals surface area contributed by atoms with E-state index in [1.54, 1.807) is 24.3 Å². The van der Waals surface area contributed by atoms with E-state index < -0.39 is 17.1 Å². The van der Waals surface area contributed by atoms with Crippen molar-refractivity contribution < 1.29 is 18.5 Å². The summed E-state index contributed by atoms with van der Waals surface area (Å²) in [4.78, 5) is 4.20. The van der Waals surface area contributed by atoms with E-state index in [-0.39, 0.29) is 16.0 Å². The first-order valence-electron chi connectivity index (χ1n) is 6.80. The van der Waals surface area contributed by atoms with E-state index in [1.165, 1.54) is 36.5 Å². The second kappa shape index (κ2) is 6.00. The maximum atomic E-state index is 12.6. The summed E-state index contributed by atoms with van der Waals surface area (Å²) in [6.07, 6.45) is 1.53. The van der Waals surface area contributed by atoms with Crippen LogP contribution in [-0.2, 0) is 10.0 Å². The zero-order valence-electron chi connectivity index (χ0n) is 11.9. The molecule has 1 heterocycles. The van der Waals surface area contributed by atoms with Crippen molar-refractivity contribution in [2.75, 3.05) is 4.72 Å². The second-order valence-electron chi connectivity index (χ2n) is 4.94. The van der Waals surface area contributed by atoms with Crippen molar-refractivity contribution >= 4 is 39.2 Å². The summed E-state index contributed by atoms with van der Waals surface area (Å²) >= 11 is 0. The van der Waals surface area contributed by atoms with Gasteiger partial charge in [0.25, 0.3) is 10.0 Å². The Morgan fingerprint density at radius 1 is 1.00 bits per heavy atom. The number of pyridine rings is 1. The highest BCUT2D eigenvalue weighted by atomic mass is 32.2. The fourth-order valence-electron chi connectivity index (χ4n) is 2.27. The number of sulfonamides is 1. The molecule has 0 saturated heterocycles. The van der Waals surface area contributed by atoms with Crippen LogP contribution in [0, 0.1) is 0 Å². The highest BCUT2D eigenvalue weighted by molar-refractivity contribution is 7.93. The van der Waals surface area contributed by atoms with Gasteiger partial charge in [0.1, 0.15) is 4.90 Å². The summed E-state index contributed by atoms with van der Waals surface area (Å²) in [5, 5.41) is 19.1. The molecule has 3 aromatic rings. The quantitative estimate of drug-likeness (QED) is 0.613. The fraction of sp³-hybridized carbons (Fsp3) is 0. The fourth-order valence-corrected chi connectivity index (χ4v) is 3.50. The van der Waals surface area contributed by atoms with Crippen LogP contribution in [0.1, 0.15) is 0 Å². The third-order valence-electron chi connectivity index (χ3n) is 3.32. The van der Waals surface area contributed by atoms with Gasteiger partial charge in [0.2, 0.25) is 0 Å². The third kappa shape index (κ3) is 3.19. The Morgan fingerprint density at radius 2 is 1.74 bits per heavy atom. The molecule has 0 aliphatic rings. The zero-order chi connectivity index (χ0) is 16.4. The number of rotatable bonds is 4. The van der Waals surface area contributed by atoms with E-state index in [0.29, 0.717) is 5.52 Å². The van der Waals surface area contributed by atoms with Crippen molar-refractivity contribution in [3.05, 3.63) is 60.8 Å². The number of hydrogen-bond acceptors (Lipinski definition) is 5. The molecule has 3 rings (SSSR count). The molecule has 3 N–H and O–H groups in total. The standard InChI is InChI=1S/C15H13BN2O4S/c19-16(20)12-6-2-7-13(10-12)18-23(21,22)14-8-1-4-11-5-3-9-17-15(11)14/h1-10,18-20H. The first kappa shape index (κ1) is 15.5. The number of nitrogens with one attached hydrogen (secondary N) is 1. The number of benzene rings is 2. The molecule has 0 aliphatic heterocycles. The number of aromatic nitrogens is 1. The van der Waals surface area contributed by atoms with Crippen LogP contribution in [0.5, 0.6) is 0 Å². The summed E-state index contributed by atoms with van der Waals surface area (Å²) in [5.74, 6) is 0. The van der Waals surface area contributed by atoms with Crippen LogP contribution in [0.3, 0.4) is 0 Å². The van der Waals surface area contributed by atoms with Gasteiger partial charge in [-0.2, -0.15) is 0 Å². The van der Waals surface area contributed by atoms with E-state index in [1.807, 2.05) is 0 Å². The summed E-state index contributed by atoms with van der Waals surface area (Å²) < 4.78 is 27.7. The minimum Gasteiger partial charge on any atom is -0.423 e. The minimum atomic E-state index is -3.86. The highest BCUT2D eigenvalue weighted by Gasteiger charge is 2.19. The smallest absolute Gasteiger partial charge is 0.423 e. The molecular formula is C15H13BN2O4S. The van der Waals surface area contributed by atoms with Gasteiger partial charge in [-0.05, 0) is 29.7 Å². The lowest BCUT2D eigenvalue weighted by atomic mass is 9.80. The van der Waals surface area contributed by atoms with Crippen LogP contribution in [0.2, 0.25) is 0 Å². The van der Waals surface area contributed by atoms with Gasteiger partial charge >= 0.3 is 7.12 Å². The number of anilines is 1. The molecule has 1 aromatic heterocycles. The van der Waals surface area contributed by atoms with Crippen LogP contribution in [0.4, 0.5) is 5.69 Å². The first-order chi connectivity index (χ1) is 11.0. The molecule has 2 aromatic carbocycles. The van der Waals surface area contributed by atoms with Gasteiger partial charge in [-0.15, -0.1) is 0 Å². The van der Waals surface area contributed by atoms with Crippen molar-refractivity contribution in [2.24, 2.45) is 0 Å². The van der Waals surface area contributed by atoms with Crippen LogP contribution >= 0.6 is 0 Å². The predicted molar refractivity (Wildman–Crippen MR) is 88.8 cm³/mol. The highest BCUT2D eigenvalue weighted by Crippen LogP contribution is 2.22. The second-order valence-corrected chi connectivity index (χ2v) is 6.59. The van der Waals surface area contributed by atoms with Crippen molar-refractivity contribution in [2.45, 2.75) is 4.90 Å². The van der Waals surface area contributed by atoms with Gasteiger partial charge in [-0.1, -0.05) is 30.3 Å². The van der Waals surface area contributed by atoms with Crippen molar-refractivity contribution in [1.29, 1.82) is 0 Å². The molecule has 23 heavy (non-hydrogen) atoms. The Bertz CT molecular complexity index is 955. The molecule has 6 nitrogen and oxygen atoms in total. The number of hydrogen-bond donors (Lipinski definition) is 3. The summed E-state index contributed by atoms with van der Waals surface area (Å²) in [6.45, 7) is 0. The molecule has 0 atom stereocenters. The molecule has 0 saturated carbocycles. The molecule has 0 radical (unpaired) electrons. The van der Waals surface area contributed by atoms with E-state index in [4.69, 9.17) is 0 Å². The molecular weight excluding hydrogens is 315 g/mol. The molecule has 0 fully saturated rings. The summed E-state index contributed by atoms with van der Waals surface area (Å²) in [6, 6.07) is 14.3. The number of fused-ring (bicyclic) bond motifs is 1. The molecule has 116 valence electrons. The summed E-state index contributed by atoms with van der Waals surface area (Å²) in [7, 11) is -5.53. The van der Waals surface area contributed by atoms with Crippen LogP contribution < -0.4 is 10.2 Å². The Morgan fingerprint density at radius 3 is 2.52 bits per heavy atom. The lowest BCUT2D eigenvalue weighted by molar-refractivity contribution is 0.426. The molecule has 0 aliphatic carbocycles. The van der Waals surface area contributed by atoms with Gasteiger partial charge in [0, 0.05) is 17.3 Å². The van der Waals surface area contributed by atoms with Crippen molar-refractivity contribution in [3.63, 3.8) is 0 Å². The van der Waals surface area contributed by atoms with Crippen LogP contribution in [0.25, 0.3) is 10.9 Å². The van der Waals surface area contributed by atoms with E-state index in [0.717, 1.165) is 5.39 Å². The van der Waals surface area contributed by atoms with Crippen LogP contribution in [-0.4, -0.2) is 30.6 Å². The van der Waals surface area contributed by atoms with Crippen LogP contribution in [0.15, 0.2) is 65.7 Å². The van der Waals surface area contributed by atoms with Gasteiger partial charge in [0.05, 0.1) is 5.52 Å². The Labute approximate surface area is 133 Å². The topological polar surface area (TPSA) is 99.5 Å². The van der Waals surface area contributed by atoms with Gasteiger partial charge in [-0.3, -0.25) is 9.71 Å². The number of para-hydroxylation sites is 1. The largest absolute Gasteiger partial charge is 0.488 e. The monoisotopic (exact) mass is 328 g/mol. The SMILES string of the molecule is O=S(=O)(Nc1cccc(B(O)O)c1)c1cccc2cccnc12. The lowest BCUT2D eigenvalue weighted by Crippen LogP contribution is -2.30. The van der Waals surface area contributed by atoms with E-state index >= 15 is 0 Å². The average molecular weight is 328 g/mol. The van der Waals surface area contributed by atoms with Gasteiger partial charge in [-0.25, -0.2) is 8.42 Å². The number of nitrogens with zero attached hydrogens (tertiary/aromatic N) is 1. The Balaban J connectivity index is 2.03. The summed E-state index contributed by atoms with van der Waals surface area (Å²) in [5.41, 5.74) is 0.811.